The van der Waals surface area contributed by atoms with Crippen LogP contribution in [-0.2, 0) is 33.7 Å². The Bertz CT molecular complexity index is 1300. The number of amides is 1. The van der Waals surface area contributed by atoms with Crippen LogP contribution in [0.5, 0.6) is 0 Å². The first-order valence-corrected chi connectivity index (χ1v) is 12.3. The van der Waals surface area contributed by atoms with Gasteiger partial charge in [-0.25, -0.2) is 8.42 Å². The largest absolute Gasteiger partial charge is 0.416 e. The summed E-state index contributed by atoms with van der Waals surface area (Å²) in [5, 5.41) is 1.96. The van der Waals surface area contributed by atoms with Gasteiger partial charge in [0.2, 0.25) is 15.9 Å². The van der Waals surface area contributed by atoms with Crippen molar-refractivity contribution in [3.8, 4) is 0 Å². The van der Waals surface area contributed by atoms with Crippen LogP contribution >= 0.6 is 15.9 Å². The van der Waals surface area contributed by atoms with Gasteiger partial charge in [0.05, 0.1) is 22.6 Å². The lowest BCUT2D eigenvalue weighted by molar-refractivity contribution is -0.143. The number of nitrogens with zero attached hydrogens (tertiary/aromatic N) is 1. The Balaban J connectivity index is 1.93. The molecule has 13 heteroatoms. The smallest absolute Gasteiger partial charge is 0.325 e. The van der Waals surface area contributed by atoms with Gasteiger partial charge in [-0.1, -0.05) is 46.3 Å². The average Bonchev–Trinajstić information content (AvgIpc) is 2.79. The summed E-state index contributed by atoms with van der Waals surface area (Å²) < 4.78 is 107. The maximum absolute atomic E-state index is 13.2. The summed E-state index contributed by atoms with van der Waals surface area (Å²) in [6.07, 6.45) is -10.2. The van der Waals surface area contributed by atoms with Gasteiger partial charge >= 0.3 is 12.4 Å². The van der Waals surface area contributed by atoms with Gasteiger partial charge in [-0.15, -0.1) is 0 Å². The zero-order chi connectivity index (χ0) is 26.7. The topological polar surface area (TPSA) is 66.5 Å². The number of sulfonamides is 1. The molecule has 0 radical (unpaired) electrons. The highest BCUT2D eigenvalue weighted by molar-refractivity contribution is 9.10. The zero-order valence-corrected chi connectivity index (χ0v) is 20.5. The molecule has 1 amide bonds. The van der Waals surface area contributed by atoms with Crippen molar-refractivity contribution in [3.63, 3.8) is 0 Å². The van der Waals surface area contributed by atoms with E-state index in [1.807, 2.05) is 5.32 Å². The first-order chi connectivity index (χ1) is 16.7. The molecular weight excluding hydrogens is 578 g/mol. The molecule has 0 atom stereocenters. The highest BCUT2D eigenvalue weighted by Crippen LogP contribution is 2.37. The Labute approximate surface area is 210 Å². The molecule has 0 spiro atoms. The van der Waals surface area contributed by atoms with Gasteiger partial charge in [-0.2, -0.15) is 30.6 Å². The summed E-state index contributed by atoms with van der Waals surface area (Å²) in [7, 11) is -4.26. The molecule has 0 fully saturated rings. The first kappa shape index (κ1) is 27.7. The SMILES string of the molecule is O=C(CN(Cc1ccc(Br)cc1)S(=O)(=O)c1ccccc1)Nc1cc(C(F)(F)F)cc(C(F)(F)F)c1. The molecule has 0 saturated carbocycles. The first-order valence-electron chi connectivity index (χ1n) is 10.1. The third kappa shape index (κ3) is 7.08. The summed E-state index contributed by atoms with van der Waals surface area (Å²) >= 11 is 3.25. The predicted molar refractivity (Wildman–Crippen MR) is 123 cm³/mol. The molecule has 0 heterocycles. The molecular formula is C23H17BrF6N2O3S. The van der Waals surface area contributed by atoms with Crippen molar-refractivity contribution in [2.24, 2.45) is 0 Å². The fourth-order valence-corrected chi connectivity index (χ4v) is 4.82. The van der Waals surface area contributed by atoms with Crippen LogP contribution in [0.3, 0.4) is 0 Å². The summed E-state index contributed by atoms with van der Waals surface area (Å²) in [6.45, 7) is -1.15. The van der Waals surface area contributed by atoms with E-state index in [0.717, 1.165) is 4.31 Å². The summed E-state index contributed by atoms with van der Waals surface area (Å²) in [6, 6.07) is 14.2. The predicted octanol–water partition coefficient (Wildman–Crippen LogP) is 6.32. The Kier molecular flexibility index (Phi) is 8.16. The van der Waals surface area contributed by atoms with Crippen molar-refractivity contribution in [2.45, 2.75) is 23.8 Å². The van der Waals surface area contributed by atoms with E-state index in [9.17, 15) is 39.6 Å². The molecule has 3 rings (SSSR count). The van der Waals surface area contributed by atoms with Gasteiger partial charge in [0.15, 0.2) is 0 Å². The minimum Gasteiger partial charge on any atom is -0.325 e. The Morgan fingerprint density at radius 1 is 0.833 bits per heavy atom. The number of benzene rings is 3. The van der Waals surface area contributed by atoms with E-state index in [2.05, 4.69) is 15.9 Å². The van der Waals surface area contributed by atoms with Gasteiger partial charge < -0.3 is 5.32 Å². The van der Waals surface area contributed by atoms with E-state index >= 15 is 0 Å². The number of rotatable bonds is 7. The molecule has 0 saturated heterocycles. The molecule has 0 aliphatic carbocycles. The van der Waals surface area contributed by atoms with Gasteiger partial charge in [0, 0.05) is 16.7 Å². The molecule has 0 aromatic heterocycles. The molecule has 3 aromatic rings. The van der Waals surface area contributed by atoms with Crippen molar-refractivity contribution in [3.05, 3.63) is 94.0 Å². The van der Waals surface area contributed by atoms with Crippen molar-refractivity contribution in [2.75, 3.05) is 11.9 Å². The van der Waals surface area contributed by atoms with Crippen LogP contribution in [0.25, 0.3) is 0 Å². The molecule has 5 nitrogen and oxygen atoms in total. The lowest BCUT2D eigenvalue weighted by atomic mass is 10.1. The number of hydrogen-bond acceptors (Lipinski definition) is 3. The van der Waals surface area contributed by atoms with Crippen molar-refractivity contribution >= 4 is 37.5 Å². The van der Waals surface area contributed by atoms with E-state index < -0.39 is 51.6 Å². The molecule has 3 aromatic carbocycles. The average molecular weight is 595 g/mol. The number of alkyl halides is 6. The maximum Gasteiger partial charge on any atom is 0.416 e. The maximum atomic E-state index is 13.2. The molecule has 0 aliphatic heterocycles. The normalized spacial score (nSPS) is 12.6. The fraction of sp³-hybridized carbons (Fsp3) is 0.174. The van der Waals surface area contributed by atoms with Crippen molar-refractivity contribution in [1.29, 1.82) is 0 Å². The van der Waals surface area contributed by atoms with Crippen LogP contribution in [0.15, 0.2) is 82.2 Å². The molecule has 0 aliphatic rings. The van der Waals surface area contributed by atoms with E-state index in [1.165, 1.54) is 24.3 Å². The van der Waals surface area contributed by atoms with Crippen LogP contribution in [0, 0.1) is 0 Å². The zero-order valence-electron chi connectivity index (χ0n) is 18.1. The van der Waals surface area contributed by atoms with Crippen LogP contribution in [0.2, 0.25) is 0 Å². The van der Waals surface area contributed by atoms with Gasteiger partial charge in [0.1, 0.15) is 0 Å². The van der Waals surface area contributed by atoms with Crippen LogP contribution in [0.4, 0.5) is 32.0 Å². The van der Waals surface area contributed by atoms with Crippen LogP contribution in [-0.4, -0.2) is 25.2 Å². The van der Waals surface area contributed by atoms with E-state index in [-0.39, 0.29) is 17.5 Å². The lowest BCUT2D eigenvalue weighted by Gasteiger charge is -2.22. The number of nitrogens with one attached hydrogen (secondary N) is 1. The second-order valence-electron chi connectivity index (χ2n) is 7.56. The third-order valence-corrected chi connectivity index (χ3v) is 7.18. The van der Waals surface area contributed by atoms with Gasteiger partial charge in [-0.05, 0) is 48.0 Å². The number of carbonyl (C=O) groups is 1. The third-order valence-electron chi connectivity index (χ3n) is 4.84. The Morgan fingerprint density at radius 3 is 1.86 bits per heavy atom. The van der Waals surface area contributed by atoms with Gasteiger partial charge in [0.25, 0.3) is 0 Å². The van der Waals surface area contributed by atoms with E-state index in [1.54, 1.807) is 30.3 Å². The molecule has 0 bridgehead atoms. The molecule has 36 heavy (non-hydrogen) atoms. The summed E-state index contributed by atoms with van der Waals surface area (Å²) in [5.41, 5.74) is -3.51. The fourth-order valence-electron chi connectivity index (χ4n) is 3.15. The number of anilines is 1. The number of halogens is 7. The van der Waals surface area contributed by atoms with Crippen LogP contribution < -0.4 is 5.32 Å². The standard InChI is InChI=1S/C23H17BrF6N2O3S/c24-18-8-6-15(7-9-18)13-32(36(34,35)20-4-2-1-3-5-20)14-21(33)31-19-11-16(22(25,26)27)10-17(12-19)23(28,29)30/h1-12H,13-14H2,(H,31,33). The minimum absolute atomic E-state index is 0.0741. The van der Waals surface area contributed by atoms with E-state index in [4.69, 9.17) is 0 Å². The highest BCUT2D eigenvalue weighted by Gasteiger charge is 2.37. The second kappa shape index (κ2) is 10.6. The number of hydrogen-bond donors (Lipinski definition) is 1. The summed E-state index contributed by atoms with van der Waals surface area (Å²) in [4.78, 5) is 12.5. The van der Waals surface area contributed by atoms with E-state index in [0.29, 0.717) is 22.2 Å². The highest BCUT2D eigenvalue weighted by atomic mass is 79.9. The van der Waals surface area contributed by atoms with Crippen LogP contribution in [0.1, 0.15) is 16.7 Å². The molecule has 0 unspecified atom stereocenters. The molecule has 1 N–H and O–H groups in total. The van der Waals surface area contributed by atoms with Crippen molar-refractivity contribution < 1.29 is 39.6 Å². The Hall–Kier alpha value is -2.90. The summed E-state index contributed by atoms with van der Waals surface area (Å²) in [5.74, 6) is -1.13. The lowest BCUT2D eigenvalue weighted by Crippen LogP contribution is -2.37. The number of carbonyl (C=O) groups excluding carboxylic acids is 1. The van der Waals surface area contributed by atoms with Crippen molar-refractivity contribution in [1.82, 2.24) is 4.31 Å². The molecule has 192 valence electrons. The minimum atomic E-state index is -5.11. The Morgan fingerprint density at radius 2 is 1.36 bits per heavy atom. The van der Waals surface area contributed by atoms with Gasteiger partial charge in [-0.3, -0.25) is 4.79 Å². The monoisotopic (exact) mass is 594 g/mol. The quantitative estimate of drug-likeness (QED) is 0.326. The second-order valence-corrected chi connectivity index (χ2v) is 10.4.